The highest BCUT2D eigenvalue weighted by Gasteiger charge is 2.31. The Bertz CT molecular complexity index is 224. The van der Waals surface area contributed by atoms with Crippen molar-refractivity contribution in [3.05, 3.63) is 0 Å². The van der Waals surface area contributed by atoms with Crippen LogP contribution >= 0.6 is 0 Å². The summed E-state index contributed by atoms with van der Waals surface area (Å²) in [5.74, 6) is 1.66. The van der Waals surface area contributed by atoms with Gasteiger partial charge in [-0.1, -0.05) is 6.92 Å². The minimum absolute atomic E-state index is 0.261. The van der Waals surface area contributed by atoms with Crippen LogP contribution in [0.3, 0.4) is 0 Å². The maximum absolute atomic E-state index is 12.2. The van der Waals surface area contributed by atoms with Crippen molar-refractivity contribution in [3.63, 3.8) is 0 Å². The van der Waals surface area contributed by atoms with E-state index in [0.29, 0.717) is 11.7 Å². The molecule has 2 aliphatic rings. The minimum atomic E-state index is 0.261. The molecule has 0 aromatic rings. The lowest BCUT2D eigenvalue weighted by Gasteiger charge is -2.30. The second-order valence-electron chi connectivity index (χ2n) is 4.99. The molecular formula is C12H21NO2. The second kappa shape index (κ2) is 5.08. The van der Waals surface area contributed by atoms with Crippen LogP contribution in [0.1, 0.15) is 26.2 Å². The number of ketones is 1. The summed E-state index contributed by atoms with van der Waals surface area (Å²) < 4.78 is 5.29. The minimum Gasteiger partial charge on any atom is -0.381 e. The Morgan fingerprint density at radius 1 is 1.20 bits per heavy atom. The average Bonchev–Trinajstić information content (AvgIpc) is 2.29. The number of carbonyl (C=O) groups is 1. The quantitative estimate of drug-likeness (QED) is 0.746. The van der Waals surface area contributed by atoms with Crippen molar-refractivity contribution >= 4 is 5.78 Å². The van der Waals surface area contributed by atoms with Gasteiger partial charge in [-0.15, -0.1) is 0 Å². The fourth-order valence-electron chi connectivity index (χ4n) is 2.69. The van der Waals surface area contributed by atoms with E-state index in [0.717, 1.165) is 45.6 Å². The van der Waals surface area contributed by atoms with Gasteiger partial charge in [-0.3, -0.25) is 4.79 Å². The molecule has 0 aromatic heterocycles. The summed E-state index contributed by atoms with van der Waals surface area (Å²) in [6, 6.07) is 0. The normalized spacial score (nSPS) is 33.9. The van der Waals surface area contributed by atoms with E-state index in [2.05, 4.69) is 12.2 Å². The molecule has 3 nitrogen and oxygen atoms in total. The van der Waals surface area contributed by atoms with Crippen molar-refractivity contribution in [3.8, 4) is 0 Å². The molecule has 0 aliphatic carbocycles. The maximum atomic E-state index is 12.2. The number of hydrogen-bond acceptors (Lipinski definition) is 3. The van der Waals surface area contributed by atoms with Gasteiger partial charge in [0.05, 0.1) is 0 Å². The van der Waals surface area contributed by atoms with E-state index in [4.69, 9.17) is 4.74 Å². The molecular weight excluding hydrogens is 190 g/mol. The monoisotopic (exact) mass is 211 g/mol. The van der Waals surface area contributed by atoms with E-state index in [1.54, 1.807) is 0 Å². The molecule has 0 radical (unpaired) electrons. The lowest BCUT2D eigenvalue weighted by Crippen LogP contribution is -2.41. The number of ether oxygens (including phenoxy) is 1. The molecule has 0 bridgehead atoms. The first-order chi connectivity index (χ1) is 7.27. The molecule has 1 N–H and O–H groups in total. The zero-order valence-corrected chi connectivity index (χ0v) is 9.50. The average molecular weight is 211 g/mol. The first-order valence-electron chi connectivity index (χ1n) is 6.09. The highest BCUT2D eigenvalue weighted by atomic mass is 16.5. The molecule has 86 valence electrons. The van der Waals surface area contributed by atoms with Crippen molar-refractivity contribution < 1.29 is 9.53 Å². The van der Waals surface area contributed by atoms with Crippen LogP contribution in [0.2, 0.25) is 0 Å². The van der Waals surface area contributed by atoms with Gasteiger partial charge < -0.3 is 10.1 Å². The van der Waals surface area contributed by atoms with Crippen molar-refractivity contribution in [2.45, 2.75) is 26.2 Å². The van der Waals surface area contributed by atoms with Crippen molar-refractivity contribution in [1.82, 2.24) is 5.32 Å². The molecule has 15 heavy (non-hydrogen) atoms. The van der Waals surface area contributed by atoms with E-state index in [1.165, 1.54) is 0 Å². The fourth-order valence-corrected chi connectivity index (χ4v) is 2.69. The third-order valence-electron chi connectivity index (χ3n) is 3.60. The van der Waals surface area contributed by atoms with Gasteiger partial charge >= 0.3 is 0 Å². The SMILES string of the molecule is CC1CNCC(C(=O)C2CCOCC2)C1. The molecule has 3 heteroatoms. The Kier molecular flexibility index (Phi) is 3.76. The Balaban J connectivity index is 1.88. The van der Waals surface area contributed by atoms with Gasteiger partial charge in [0.1, 0.15) is 5.78 Å². The van der Waals surface area contributed by atoms with Crippen LogP contribution in [0.25, 0.3) is 0 Å². The largest absolute Gasteiger partial charge is 0.381 e. The van der Waals surface area contributed by atoms with Gasteiger partial charge in [0.2, 0.25) is 0 Å². The molecule has 2 atom stereocenters. The molecule has 2 aliphatic heterocycles. The lowest BCUT2D eigenvalue weighted by molar-refractivity contribution is -0.130. The van der Waals surface area contributed by atoms with E-state index in [9.17, 15) is 4.79 Å². The Morgan fingerprint density at radius 2 is 1.93 bits per heavy atom. The molecule has 2 rings (SSSR count). The smallest absolute Gasteiger partial charge is 0.140 e. The van der Waals surface area contributed by atoms with Gasteiger partial charge in [-0.05, 0) is 31.7 Å². The third kappa shape index (κ3) is 2.79. The molecule has 0 spiro atoms. The standard InChI is InChI=1S/C12H21NO2/c1-9-6-11(8-13-7-9)12(14)10-2-4-15-5-3-10/h9-11,13H,2-8H2,1H3. The molecule has 0 amide bonds. The van der Waals surface area contributed by atoms with Gasteiger partial charge in [0.25, 0.3) is 0 Å². The number of hydrogen-bond donors (Lipinski definition) is 1. The third-order valence-corrected chi connectivity index (χ3v) is 3.60. The van der Waals surface area contributed by atoms with Crippen molar-refractivity contribution in [2.75, 3.05) is 26.3 Å². The summed E-state index contributed by atoms with van der Waals surface area (Å²) in [5.41, 5.74) is 0. The van der Waals surface area contributed by atoms with Crippen molar-refractivity contribution in [1.29, 1.82) is 0 Å². The van der Waals surface area contributed by atoms with E-state index in [-0.39, 0.29) is 11.8 Å². The topological polar surface area (TPSA) is 38.3 Å². The van der Waals surface area contributed by atoms with Crippen LogP contribution in [-0.4, -0.2) is 32.1 Å². The van der Waals surface area contributed by atoms with Crippen LogP contribution in [0.15, 0.2) is 0 Å². The first kappa shape index (κ1) is 11.1. The van der Waals surface area contributed by atoms with Gasteiger partial charge in [0.15, 0.2) is 0 Å². The summed E-state index contributed by atoms with van der Waals surface area (Å²) in [5, 5.41) is 3.35. The fraction of sp³-hybridized carbons (Fsp3) is 0.917. The van der Waals surface area contributed by atoms with Crippen LogP contribution < -0.4 is 5.32 Å². The zero-order chi connectivity index (χ0) is 10.7. The zero-order valence-electron chi connectivity index (χ0n) is 9.50. The number of rotatable bonds is 2. The summed E-state index contributed by atoms with van der Waals surface area (Å²) in [6.45, 7) is 5.72. The molecule has 2 unspecified atom stereocenters. The highest BCUT2D eigenvalue weighted by molar-refractivity contribution is 5.83. The molecule has 2 saturated heterocycles. The van der Waals surface area contributed by atoms with E-state index < -0.39 is 0 Å². The van der Waals surface area contributed by atoms with Crippen molar-refractivity contribution in [2.24, 2.45) is 17.8 Å². The summed E-state index contributed by atoms with van der Waals surface area (Å²) in [4.78, 5) is 12.2. The predicted octanol–water partition coefficient (Wildman–Crippen LogP) is 1.23. The summed E-state index contributed by atoms with van der Waals surface area (Å²) in [7, 11) is 0. The molecule has 2 heterocycles. The number of carbonyl (C=O) groups excluding carboxylic acids is 1. The van der Waals surface area contributed by atoms with Crippen LogP contribution in [0.4, 0.5) is 0 Å². The van der Waals surface area contributed by atoms with Gasteiger partial charge in [-0.2, -0.15) is 0 Å². The maximum Gasteiger partial charge on any atom is 0.140 e. The highest BCUT2D eigenvalue weighted by Crippen LogP contribution is 2.25. The van der Waals surface area contributed by atoms with Crippen LogP contribution in [0.5, 0.6) is 0 Å². The number of piperidine rings is 1. The van der Waals surface area contributed by atoms with Crippen LogP contribution in [-0.2, 0) is 9.53 Å². The number of Topliss-reactive ketones (excluding diaryl/α,β-unsaturated/α-hetero) is 1. The van der Waals surface area contributed by atoms with E-state index in [1.807, 2.05) is 0 Å². The summed E-state index contributed by atoms with van der Waals surface area (Å²) in [6.07, 6.45) is 2.94. The summed E-state index contributed by atoms with van der Waals surface area (Å²) >= 11 is 0. The van der Waals surface area contributed by atoms with Crippen LogP contribution in [0, 0.1) is 17.8 Å². The predicted molar refractivity (Wildman–Crippen MR) is 58.7 cm³/mol. The Labute approximate surface area is 91.6 Å². The van der Waals surface area contributed by atoms with Gasteiger partial charge in [-0.25, -0.2) is 0 Å². The second-order valence-corrected chi connectivity index (χ2v) is 4.99. The molecule has 0 aromatic carbocycles. The Hall–Kier alpha value is -0.410. The Morgan fingerprint density at radius 3 is 2.60 bits per heavy atom. The number of nitrogens with one attached hydrogen (secondary N) is 1. The van der Waals surface area contributed by atoms with Gasteiger partial charge in [0, 0.05) is 31.6 Å². The molecule has 0 saturated carbocycles. The molecule has 2 fully saturated rings. The van der Waals surface area contributed by atoms with E-state index >= 15 is 0 Å². The lowest BCUT2D eigenvalue weighted by atomic mass is 9.81. The first-order valence-corrected chi connectivity index (χ1v) is 6.09.